The predicted octanol–water partition coefficient (Wildman–Crippen LogP) is 4.16. The summed E-state index contributed by atoms with van der Waals surface area (Å²) in [6.45, 7) is 0.0822. The first-order valence-corrected chi connectivity index (χ1v) is 6.89. The number of fused-ring (bicyclic) bond motifs is 1. The van der Waals surface area contributed by atoms with Crippen LogP contribution in [0.25, 0.3) is 10.8 Å². The Bertz CT molecular complexity index is 702. The van der Waals surface area contributed by atoms with E-state index in [2.05, 4.69) is 6.07 Å². The van der Waals surface area contributed by atoms with Gasteiger partial charge < -0.3 is 4.74 Å². The van der Waals surface area contributed by atoms with Crippen LogP contribution in [0.5, 0.6) is 5.75 Å². The SMILES string of the molecule is O=C(COc1ccc2ccccc2c1)c1cccs1. The van der Waals surface area contributed by atoms with E-state index in [0.717, 1.165) is 16.0 Å². The van der Waals surface area contributed by atoms with E-state index < -0.39 is 0 Å². The van der Waals surface area contributed by atoms with Crippen molar-refractivity contribution in [2.75, 3.05) is 6.61 Å². The summed E-state index contributed by atoms with van der Waals surface area (Å²) < 4.78 is 5.56. The van der Waals surface area contributed by atoms with E-state index in [4.69, 9.17) is 4.74 Å². The molecule has 0 unspecified atom stereocenters. The Morgan fingerprint density at radius 2 is 1.84 bits per heavy atom. The van der Waals surface area contributed by atoms with Crippen LogP contribution in [0, 0.1) is 0 Å². The molecule has 0 spiro atoms. The van der Waals surface area contributed by atoms with Crippen molar-refractivity contribution in [1.29, 1.82) is 0 Å². The average Bonchev–Trinajstić information content (AvgIpc) is 2.99. The Morgan fingerprint density at radius 3 is 2.63 bits per heavy atom. The normalized spacial score (nSPS) is 10.5. The van der Waals surface area contributed by atoms with E-state index in [9.17, 15) is 4.79 Å². The number of hydrogen-bond acceptors (Lipinski definition) is 3. The molecule has 0 N–H and O–H groups in total. The van der Waals surface area contributed by atoms with Crippen molar-refractivity contribution in [2.24, 2.45) is 0 Å². The largest absolute Gasteiger partial charge is 0.485 e. The molecule has 0 atom stereocenters. The van der Waals surface area contributed by atoms with Gasteiger partial charge in [-0.05, 0) is 34.4 Å². The van der Waals surface area contributed by atoms with Crippen molar-refractivity contribution in [3.8, 4) is 5.75 Å². The number of rotatable bonds is 4. The summed E-state index contributed by atoms with van der Waals surface area (Å²) in [6, 6.07) is 17.6. The van der Waals surface area contributed by atoms with E-state index in [1.807, 2.05) is 53.9 Å². The van der Waals surface area contributed by atoms with E-state index in [1.165, 1.54) is 16.7 Å². The van der Waals surface area contributed by atoms with Gasteiger partial charge in [-0.1, -0.05) is 36.4 Å². The molecule has 3 heteroatoms. The van der Waals surface area contributed by atoms with Gasteiger partial charge in [0.1, 0.15) is 5.75 Å². The number of carbonyl (C=O) groups excluding carboxylic acids is 1. The fraction of sp³-hybridized carbons (Fsp3) is 0.0625. The minimum absolute atomic E-state index is 0.0168. The van der Waals surface area contributed by atoms with Gasteiger partial charge in [-0.25, -0.2) is 0 Å². The summed E-state index contributed by atoms with van der Waals surface area (Å²) in [5.74, 6) is 0.742. The molecule has 3 rings (SSSR count). The van der Waals surface area contributed by atoms with Crippen LogP contribution < -0.4 is 4.74 Å². The van der Waals surface area contributed by atoms with E-state index in [1.54, 1.807) is 0 Å². The maximum absolute atomic E-state index is 11.8. The maximum Gasteiger partial charge on any atom is 0.210 e. The molecule has 2 nitrogen and oxygen atoms in total. The molecular formula is C16H12O2S. The van der Waals surface area contributed by atoms with Crippen molar-refractivity contribution < 1.29 is 9.53 Å². The highest BCUT2D eigenvalue weighted by Gasteiger charge is 2.07. The van der Waals surface area contributed by atoms with Crippen LogP contribution in [-0.2, 0) is 0 Å². The van der Waals surface area contributed by atoms with Crippen LogP contribution >= 0.6 is 11.3 Å². The van der Waals surface area contributed by atoms with Crippen molar-refractivity contribution >= 4 is 27.9 Å². The lowest BCUT2D eigenvalue weighted by Crippen LogP contribution is -2.09. The molecule has 0 bridgehead atoms. The number of thiophene rings is 1. The highest BCUT2D eigenvalue weighted by molar-refractivity contribution is 7.12. The van der Waals surface area contributed by atoms with Crippen molar-refractivity contribution in [3.63, 3.8) is 0 Å². The molecule has 0 saturated carbocycles. The number of ketones is 1. The second kappa shape index (κ2) is 5.24. The van der Waals surface area contributed by atoms with Crippen LogP contribution in [-0.4, -0.2) is 12.4 Å². The Balaban J connectivity index is 1.73. The van der Waals surface area contributed by atoms with Crippen LogP contribution in [0.1, 0.15) is 9.67 Å². The van der Waals surface area contributed by atoms with Gasteiger partial charge in [-0.15, -0.1) is 11.3 Å². The van der Waals surface area contributed by atoms with Gasteiger partial charge in [-0.2, -0.15) is 0 Å². The monoisotopic (exact) mass is 268 g/mol. The summed E-state index contributed by atoms with van der Waals surface area (Å²) in [5, 5.41) is 4.17. The van der Waals surface area contributed by atoms with Gasteiger partial charge >= 0.3 is 0 Å². The third-order valence-corrected chi connectivity index (χ3v) is 3.80. The molecule has 0 aliphatic carbocycles. The van der Waals surface area contributed by atoms with Crippen LogP contribution in [0.4, 0.5) is 0 Å². The smallest absolute Gasteiger partial charge is 0.210 e. The molecular weight excluding hydrogens is 256 g/mol. The van der Waals surface area contributed by atoms with E-state index in [0.29, 0.717) is 0 Å². The molecule has 0 aliphatic heterocycles. The minimum Gasteiger partial charge on any atom is -0.485 e. The third kappa shape index (κ3) is 2.66. The second-order valence-electron chi connectivity index (χ2n) is 4.20. The van der Waals surface area contributed by atoms with Gasteiger partial charge in [0.05, 0.1) is 4.88 Å². The molecule has 1 aromatic heterocycles. The highest BCUT2D eigenvalue weighted by Crippen LogP contribution is 2.21. The van der Waals surface area contributed by atoms with E-state index in [-0.39, 0.29) is 12.4 Å². The van der Waals surface area contributed by atoms with Crippen LogP contribution in [0.3, 0.4) is 0 Å². The Hall–Kier alpha value is -2.13. The Morgan fingerprint density at radius 1 is 1.00 bits per heavy atom. The third-order valence-electron chi connectivity index (χ3n) is 2.89. The Kier molecular flexibility index (Phi) is 3.29. The first-order chi connectivity index (χ1) is 9.33. The lowest BCUT2D eigenvalue weighted by molar-refractivity contribution is 0.0925. The zero-order chi connectivity index (χ0) is 13.1. The van der Waals surface area contributed by atoms with Gasteiger partial charge in [0.2, 0.25) is 5.78 Å². The number of ether oxygens (including phenoxy) is 1. The number of carbonyl (C=O) groups is 1. The molecule has 19 heavy (non-hydrogen) atoms. The molecule has 0 aliphatic rings. The Labute approximate surface area is 115 Å². The summed E-state index contributed by atoms with van der Waals surface area (Å²) in [5.41, 5.74) is 0. The molecule has 1 heterocycles. The lowest BCUT2D eigenvalue weighted by atomic mass is 10.1. The molecule has 0 fully saturated rings. The number of Topliss-reactive ketones (excluding diaryl/α,β-unsaturated/α-hetero) is 1. The van der Waals surface area contributed by atoms with E-state index >= 15 is 0 Å². The topological polar surface area (TPSA) is 26.3 Å². The van der Waals surface area contributed by atoms with Crippen LogP contribution in [0.2, 0.25) is 0 Å². The van der Waals surface area contributed by atoms with Gasteiger partial charge in [0.15, 0.2) is 6.61 Å². The van der Waals surface area contributed by atoms with Gasteiger partial charge in [0, 0.05) is 0 Å². The zero-order valence-electron chi connectivity index (χ0n) is 10.2. The number of hydrogen-bond donors (Lipinski definition) is 0. The van der Waals surface area contributed by atoms with Gasteiger partial charge in [-0.3, -0.25) is 4.79 Å². The first-order valence-electron chi connectivity index (χ1n) is 6.01. The molecule has 2 aromatic carbocycles. The average molecular weight is 268 g/mol. The molecule has 0 amide bonds. The van der Waals surface area contributed by atoms with Crippen molar-refractivity contribution in [1.82, 2.24) is 0 Å². The quantitative estimate of drug-likeness (QED) is 0.664. The fourth-order valence-electron chi connectivity index (χ4n) is 1.91. The molecule has 0 radical (unpaired) electrons. The minimum atomic E-state index is 0.0168. The highest BCUT2D eigenvalue weighted by atomic mass is 32.1. The maximum atomic E-state index is 11.8. The van der Waals surface area contributed by atoms with Crippen LogP contribution in [0.15, 0.2) is 60.0 Å². The van der Waals surface area contributed by atoms with Crippen molar-refractivity contribution in [2.45, 2.75) is 0 Å². The standard InChI is InChI=1S/C16H12O2S/c17-15(16-6-3-9-19-16)11-18-14-8-7-12-4-1-2-5-13(12)10-14/h1-10H,11H2. The number of benzene rings is 2. The molecule has 3 aromatic rings. The lowest BCUT2D eigenvalue weighted by Gasteiger charge is -2.06. The first kappa shape index (κ1) is 11.9. The fourth-order valence-corrected chi connectivity index (χ4v) is 2.57. The predicted molar refractivity (Wildman–Crippen MR) is 78.1 cm³/mol. The second-order valence-corrected chi connectivity index (χ2v) is 5.15. The summed E-state index contributed by atoms with van der Waals surface area (Å²) in [7, 11) is 0. The summed E-state index contributed by atoms with van der Waals surface area (Å²) in [4.78, 5) is 12.6. The zero-order valence-corrected chi connectivity index (χ0v) is 11.0. The van der Waals surface area contributed by atoms with Gasteiger partial charge in [0.25, 0.3) is 0 Å². The summed E-state index contributed by atoms with van der Waals surface area (Å²) >= 11 is 1.44. The molecule has 94 valence electrons. The van der Waals surface area contributed by atoms with Crippen molar-refractivity contribution in [3.05, 3.63) is 64.9 Å². The summed E-state index contributed by atoms with van der Waals surface area (Å²) in [6.07, 6.45) is 0. The molecule has 0 saturated heterocycles.